The van der Waals surface area contributed by atoms with Crippen molar-refractivity contribution in [1.82, 2.24) is 19.6 Å². The minimum Gasteiger partial charge on any atom is -0.266 e. The molecule has 0 aliphatic heterocycles. The number of hydrogen-bond acceptors (Lipinski definition) is 4. The molecule has 2 rings (SSSR count). The van der Waals surface area contributed by atoms with Gasteiger partial charge in [0.1, 0.15) is 18.3 Å². The van der Waals surface area contributed by atoms with Crippen LogP contribution in [0, 0.1) is 11.3 Å². The Hall–Kier alpha value is -2.13. The molecule has 0 atom stereocenters. The fourth-order valence-corrected chi connectivity index (χ4v) is 2.24. The maximum Gasteiger partial charge on any atom is 0.286 e. The van der Waals surface area contributed by atoms with E-state index in [4.69, 9.17) is 11.6 Å². The van der Waals surface area contributed by atoms with Crippen LogP contribution in [0.2, 0.25) is 5.02 Å². The predicted octanol–water partition coefficient (Wildman–Crippen LogP) is 1.60. The van der Waals surface area contributed by atoms with Crippen molar-refractivity contribution in [1.29, 1.82) is 5.26 Å². The first-order chi connectivity index (χ1) is 9.60. The number of halogens is 1. The van der Waals surface area contributed by atoms with Crippen molar-refractivity contribution in [2.75, 3.05) is 0 Å². The van der Waals surface area contributed by atoms with Crippen molar-refractivity contribution < 1.29 is 0 Å². The van der Waals surface area contributed by atoms with E-state index in [1.54, 1.807) is 6.20 Å². The average molecular weight is 292 g/mol. The monoisotopic (exact) mass is 291 g/mol. The Labute approximate surface area is 121 Å². The molecule has 20 heavy (non-hydrogen) atoms. The van der Waals surface area contributed by atoms with Crippen molar-refractivity contribution in [3.63, 3.8) is 0 Å². The first-order valence-corrected chi connectivity index (χ1v) is 6.69. The number of aromatic nitrogens is 4. The summed E-state index contributed by atoms with van der Waals surface area (Å²) in [6.45, 7) is 3.99. The van der Waals surface area contributed by atoms with Gasteiger partial charge in [0.25, 0.3) is 5.56 Å². The molecule has 0 amide bonds. The van der Waals surface area contributed by atoms with Crippen LogP contribution in [-0.2, 0) is 19.5 Å². The lowest BCUT2D eigenvalue weighted by atomic mass is 10.0. The van der Waals surface area contributed by atoms with Crippen molar-refractivity contribution >= 4 is 11.6 Å². The van der Waals surface area contributed by atoms with Crippen molar-refractivity contribution in [3.05, 3.63) is 44.6 Å². The fourth-order valence-electron chi connectivity index (χ4n) is 2.08. The standard InChI is InChI=1S/C13H14ClN5O/c1-3-10-11(5-15)13(20)19(17-12(10)4-2)8-18-7-9(14)6-16-18/h6-7H,3-4,8H2,1-2H3. The summed E-state index contributed by atoms with van der Waals surface area (Å²) in [4.78, 5) is 12.3. The summed E-state index contributed by atoms with van der Waals surface area (Å²) in [6.07, 6.45) is 4.36. The van der Waals surface area contributed by atoms with Gasteiger partial charge in [-0.3, -0.25) is 4.79 Å². The molecular weight excluding hydrogens is 278 g/mol. The van der Waals surface area contributed by atoms with Gasteiger partial charge < -0.3 is 0 Å². The van der Waals surface area contributed by atoms with Crippen LogP contribution in [0.4, 0.5) is 0 Å². The van der Waals surface area contributed by atoms with Crippen LogP contribution in [-0.4, -0.2) is 19.6 Å². The lowest BCUT2D eigenvalue weighted by molar-refractivity contribution is 0.472. The highest BCUT2D eigenvalue weighted by atomic mass is 35.5. The zero-order chi connectivity index (χ0) is 14.7. The molecule has 0 saturated heterocycles. The average Bonchev–Trinajstić information content (AvgIpc) is 2.85. The van der Waals surface area contributed by atoms with Gasteiger partial charge in [0.2, 0.25) is 0 Å². The minimum atomic E-state index is -0.395. The van der Waals surface area contributed by atoms with E-state index >= 15 is 0 Å². The molecule has 0 radical (unpaired) electrons. The van der Waals surface area contributed by atoms with Crippen LogP contribution in [0.15, 0.2) is 17.2 Å². The summed E-state index contributed by atoms with van der Waals surface area (Å²) < 4.78 is 2.75. The highest BCUT2D eigenvalue weighted by Gasteiger charge is 2.15. The van der Waals surface area contributed by atoms with E-state index in [2.05, 4.69) is 10.2 Å². The molecule has 2 heterocycles. The number of hydrogen-bond donors (Lipinski definition) is 0. The fraction of sp³-hybridized carbons (Fsp3) is 0.385. The van der Waals surface area contributed by atoms with Crippen LogP contribution >= 0.6 is 11.6 Å². The molecule has 104 valence electrons. The third-order valence-corrected chi connectivity index (χ3v) is 3.22. The van der Waals surface area contributed by atoms with E-state index < -0.39 is 5.56 Å². The molecule has 0 aromatic carbocycles. The maximum absolute atomic E-state index is 12.3. The molecule has 0 N–H and O–H groups in total. The number of aryl methyl sites for hydroxylation is 1. The SMILES string of the molecule is CCc1nn(Cn2cc(Cl)cn2)c(=O)c(C#N)c1CC. The van der Waals surface area contributed by atoms with Crippen molar-refractivity contribution in [2.24, 2.45) is 0 Å². The summed E-state index contributed by atoms with van der Waals surface area (Å²) >= 11 is 5.79. The largest absolute Gasteiger partial charge is 0.286 e. The zero-order valence-corrected chi connectivity index (χ0v) is 12.1. The Morgan fingerprint density at radius 3 is 2.65 bits per heavy atom. The van der Waals surface area contributed by atoms with E-state index in [9.17, 15) is 10.1 Å². The molecule has 0 aliphatic rings. The lowest BCUT2D eigenvalue weighted by Crippen LogP contribution is -2.31. The van der Waals surface area contributed by atoms with Crippen molar-refractivity contribution in [3.8, 4) is 6.07 Å². The molecular formula is C13H14ClN5O. The van der Waals surface area contributed by atoms with Gasteiger partial charge in [-0.05, 0) is 18.4 Å². The maximum atomic E-state index is 12.3. The van der Waals surface area contributed by atoms with Crippen LogP contribution < -0.4 is 5.56 Å². The van der Waals surface area contributed by atoms with Gasteiger partial charge in [-0.1, -0.05) is 25.4 Å². The first-order valence-electron chi connectivity index (χ1n) is 6.31. The number of nitrogens with zero attached hydrogens (tertiary/aromatic N) is 5. The van der Waals surface area contributed by atoms with E-state index in [1.165, 1.54) is 15.6 Å². The highest BCUT2D eigenvalue weighted by Crippen LogP contribution is 2.10. The van der Waals surface area contributed by atoms with E-state index in [0.717, 1.165) is 11.3 Å². The number of nitriles is 1. The van der Waals surface area contributed by atoms with Gasteiger partial charge in [0.15, 0.2) is 0 Å². The topological polar surface area (TPSA) is 76.5 Å². The van der Waals surface area contributed by atoms with Crippen LogP contribution in [0.3, 0.4) is 0 Å². The Balaban J connectivity index is 2.54. The molecule has 0 spiro atoms. The zero-order valence-electron chi connectivity index (χ0n) is 11.3. The summed E-state index contributed by atoms with van der Waals surface area (Å²) in [5.41, 5.74) is 1.27. The molecule has 0 fully saturated rings. The predicted molar refractivity (Wildman–Crippen MR) is 74.6 cm³/mol. The second-order valence-corrected chi connectivity index (χ2v) is 4.70. The van der Waals surface area contributed by atoms with Crippen molar-refractivity contribution in [2.45, 2.75) is 33.4 Å². The lowest BCUT2D eigenvalue weighted by Gasteiger charge is -2.11. The Morgan fingerprint density at radius 1 is 1.40 bits per heavy atom. The second kappa shape index (κ2) is 5.88. The van der Waals surface area contributed by atoms with Gasteiger partial charge in [0.05, 0.1) is 16.9 Å². The minimum absolute atomic E-state index is 0.136. The second-order valence-electron chi connectivity index (χ2n) is 4.26. The van der Waals surface area contributed by atoms with Gasteiger partial charge >= 0.3 is 0 Å². The van der Waals surface area contributed by atoms with Crippen LogP contribution in [0.25, 0.3) is 0 Å². The quantitative estimate of drug-likeness (QED) is 0.857. The third kappa shape index (κ3) is 2.58. The summed E-state index contributed by atoms with van der Waals surface area (Å²) in [6, 6.07) is 1.99. The Morgan fingerprint density at radius 2 is 2.15 bits per heavy atom. The first kappa shape index (κ1) is 14.3. The molecule has 2 aromatic rings. The molecule has 7 heteroatoms. The molecule has 0 aliphatic carbocycles. The van der Waals surface area contributed by atoms with Gasteiger partial charge in [-0.15, -0.1) is 0 Å². The molecule has 2 aromatic heterocycles. The van der Waals surface area contributed by atoms with Gasteiger partial charge in [0, 0.05) is 6.20 Å². The third-order valence-electron chi connectivity index (χ3n) is 3.02. The Bertz CT molecular complexity index is 725. The Kier molecular flexibility index (Phi) is 4.20. The normalized spacial score (nSPS) is 10.5. The van der Waals surface area contributed by atoms with Crippen LogP contribution in [0.1, 0.15) is 30.7 Å². The smallest absolute Gasteiger partial charge is 0.266 e. The van der Waals surface area contributed by atoms with E-state index in [1.807, 2.05) is 19.9 Å². The van der Waals surface area contributed by atoms with Crippen LogP contribution in [0.5, 0.6) is 0 Å². The molecule has 0 bridgehead atoms. The highest BCUT2D eigenvalue weighted by molar-refractivity contribution is 6.30. The van der Waals surface area contributed by atoms with Gasteiger partial charge in [-0.25, -0.2) is 9.36 Å². The summed E-state index contributed by atoms with van der Waals surface area (Å²) in [5.74, 6) is 0. The summed E-state index contributed by atoms with van der Waals surface area (Å²) in [7, 11) is 0. The van der Waals surface area contributed by atoms with E-state index in [0.29, 0.717) is 17.9 Å². The molecule has 0 unspecified atom stereocenters. The van der Waals surface area contributed by atoms with Gasteiger partial charge in [-0.2, -0.15) is 15.5 Å². The molecule has 0 saturated carbocycles. The molecule has 6 nitrogen and oxygen atoms in total. The summed E-state index contributed by atoms with van der Waals surface area (Å²) in [5, 5.41) is 18.0. The van der Waals surface area contributed by atoms with E-state index in [-0.39, 0.29) is 12.2 Å². The number of rotatable bonds is 4.